The van der Waals surface area contributed by atoms with Crippen molar-refractivity contribution in [2.45, 2.75) is 44.6 Å². The van der Waals surface area contributed by atoms with Crippen molar-refractivity contribution >= 4 is 12.4 Å². The minimum atomic E-state index is -0.631. The summed E-state index contributed by atoms with van der Waals surface area (Å²) in [7, 11) is 0. The summed E-state index contributed by atoms with van der Waals surface area (Å²) in [6, 6.07) is 0. The predicted octanol–water partition coefficient (Wildman–Crippen LogP) is 3.60. The van der Waals surface area contributed by atoms with Gasteiger partial charge in [0, 0.05) is 0 Å². The van der Waals surface area contributed by atoms with Gasteiger partial charge in [0.05, 0.1) is 0 Å². The van der Waals surface area contributed by atoms with Crippen molar-refractivity contribution in [3.63, 3.8) is 0 Å². The Balaban J connectivity index is 0.000000980. The maximum atomic E-state index is 6.03. The molecule has 0 unspecified atom stereocenters. The van der Waals surface area contributed by atoms with Crippen LogP contribution < -0.4 is 0 Å². The van der Waals surface area contributed by atoms with Crippen molar-refractivity contribution in [2.75, 3.05) is 0 Å². The number of allylic oxidation sites excluding steroid dienone is 4. The summed E-state index contributed by atoms with van der Waals surface area (Å²) in [5.41, 5.74) is 0. The van der Waals surface area contributed by atoms with Crippen LogP contribution in [0.3, 0.4) is 0 Å². The molecule has 0 bridgehead atoms. The van der Waals surface area contributed by atoms with E-state index in [0.29, 0.717) is 6.10 Å². The van der Waals surface area contributed by atoms with Crippen molar-refractivity contribution in [3.8, 4) is 0 Å². The molecule has 0 spiro atoms. The molecular formula is C11H17ClOZr. The second-order valence-corrected chi connectivity index (χ2v) is 6.46. The molecule has 0 saturated heterocycles. The van der Waals surface area contributed by atoms with Crippen LogP contribution in [-0.2, 0) is 26.5 Å². The second-order valence-electron chi connectivity index (χ2n) is 3.80. The Kier molecular flexibility index (Phi) is 6.32. The van der Waals surface area contributed by atoms with Crippen LogP contribution in [0.2, 0.25) is 0 Å². The van der Waals surface area contributed by atoms with Crippen molar-refractivity contribution in [2.24, 2.45) is 0 Å². The topological polar surface area (TPSA) is 9.23 Å². The van der Waals surface area contributed by atoms with E-state index >= 15 is 0 Å². The van der Waals surface area contributed by atoms with Crippen molar-refractivity contribution < 1.29 is 26.5 Å². The minimum Gasteiger partial charge on any atom is -0.147 e. The molecule has 1 saturated carbocycles. The SMILES string of the molecule is C1=CC[C]([Zr][O]C2CCCCC2)=C1.Cl. The molecule has 1 fully saturated rings. The van der Waals surface area contributed by atoms with Gasteiger partial charge in [0.1, 0.15) is 0 Å². The molecule has 0 amide bonds. The van der Waals surface area contributed by atoms with Crippen LogP contribution in [-0.4, -0.2) is 6.10 Å². The van der Waals surface area contributed by atoms with E-state index in [1.165, 1.54) is 38.5 Å². The Labute approximate surface area is 105 Å². The average Bonchev–Trinajstić information content (AvgIpc) is 2.69. The first-order valence-electron chi connectivity index (χ1n) is 5.22. The molecule has 0 heterocycles. The molecular weight excluding hydrogens is 275 g/mol. The maximum Gasteiger partial charge on any atom is -0.147 e. The minimum absolute atomic E-state index is 0. The summed E-state index contributed by atoms with van der Waals surface area (Å²) < 4.78 is 7.63. The van der Waals surface area contributed by atoms with E-state index in [1.54, 1.807) is 3.28 Å². The Bertz CT molecular complexity index is 219. The van der Waals surface area contributed by atoms with Gasteiger partial charge < -0.3 is 0 Å². The Morgan fingerprint density at radius 2 is 2.00 bits per heavy atom. The molecule has 2 aliphatic carbocycles. The average molecular weight is 292 g/mol. The molecule has 1 nitrogen and oxygen atoms in total. The van der Waals surface area contributed by atoms with Gasteiger partial charge in [-0.25, -0.2) is 0 Å². The van der Waals surface area contributed by atoms with Crippen molar-refractivity contribution in [1.29, 1.82) is 0 Å². The summed E-state index contributed by atoms with van der Waals surface area (Å²) in [5.74, 6) is 0. The van der Waals surface area contributed by atoms with Gasteiger partial charge in [-0.05, 0) is 0 Å². The quantitative estimate of drug-likeness (QED) is 0.772. The molecule has 0 aromatic carbocycles. The molecule has 0 N–H and O–H groups in total. The van der Waals surface area contributed by atoms with Gasteiger partial charge in [-0.2, -0.15) is 0 Å². The third-order valence-corrected chi connectivity index (χ3v) is 5.35. The van der Waals surface area contributed by atoms with E-state index < -0.39 is 23.7 Å². The van der Waals surface area contributed by atoms with E-state index in [4.69, 9.17) is 2.81 Å². The van der Waals surface area contributed by atoms with Crippen LogP contribution in [0.25, 0.3) is 0 Å². The number of hydrogen-bond donors (Lipinski definition) is 0. The fraction of sp³-hybridized carbons (Fsp3) is 0.636. The maximum absolute atomic E-state index is 6.03. The zero-order valence-corrected chi connectivity index (χ0v) is 11.6. The molecule has 0 radical (unpaired) electrons. The molecule has 78 valence electrons. The molecule has 3 heteroatoms. The van der Waals surface area contributed by atoms with E-state index in [-0.39, 0.29) is 12.4 Å². The van der Waals surface area contributed by atoms with Gasteiger partial charge in [-0.15, -0.1) is 12.4 Å². The zero-order valence-electron chi connectivity index (χ0n) is 8.37. The van der Waals surface area contributed by atoms with Crippen LogP contribution in [0.4, 0.5) is 0 Å². The third-order valence-electron chi connectivity index (χ3n) is 2.68. The Hall–Kier alpha value is 0.613. The van der Waals surface area contributed by atoms with Gasteiger partial charge in [0.2, 0.25) is 0 Å². The molecule has 0 aromatic rings. The van der Waals surface area contributed by atoms with Gasteiger partial charge in [-0.1, -0.05) is 0 Å². The number of halogens is 1. The van der Waals surface area contributed by atoms with Crippen LogP contribution in [0.1, 0.15) is 38.5 Å². The van der Waals surface area contributed by atoms with E-state index in [2.05, 4.69) is 18.2 Å². The van der Waals surface area contributed by atoms with Gasteiger partial charge in [0.25, 0.3) is 0 Å². The smallest absolute Gasteiger partial charge is 0.147 e. The Morgan fingerprint density at radius 3 is 2.64 bits per heavy atom. The first kappa shape index (κ1) is 12.7. The number of rotatable bonds is 3. The standard InChI is InChI=1S/C6H11O.C5H5.ClH.Zr/c7-6-4-2-1-3-5-6;1-2-4-5-3-1;;/h6H,1-5H2;1-3H,4H2;1H;/q-1;;;+1. The van der Waals surface area contributed by atoms with Crippen molar-refractivity contribution in [1.82, 2.24) is 0 Å². The fourth-order valence-electron chi connectivity index (χ4n) is 1.86. The molecule has 2 aliphatic rings. The summed E-state index contributed by atoms with van der Waals surface area (Å²) >= 11 is -0.631. The third kappa shape index (κ3) is 4.00. The molecule has 0 aromatic heterocycles. The van der Waals surface area contributed by atoms with Crippen LogP contribution in [0.15, 0.2) is 21.5 Å². The number of hydrogen-bond acceptors (Lipinski definition) is 1. The summed E-state index contributed by atoms with van der Waals surface area (Å²) in [5, 5.41) is 0. The molecule has 0 atom stereocenters. The van der Waals surface area contributed by atoms with E-state index in [1.807, 2.05) is 0 Å². The van der Waals surface area contributed by atoms with Gasteiger partial charge >= 0.3 is 92.6 Å². The van der Waals surface area contributed by atoms with Gasteiger partial charge in [-0.3, -0.25) is 0 Å². The molecule has 14 heavy (non-hydrogen) atoms. The second kappa shape index (κ2) is 6.98. The first-order valence-corrected chi connectivity index (χ1v) is 7.46. The Morgan fingerprint density at radius 1 is 1.21 bits per heavy atom. The normalized spacial score (nSPS) is 21.6. The first-order chi connectivity index (χ1) is 6.45. The molecule has 2 rings (SSSR count). The fourth-order valence-corrected chi connectivity index (χ4v) is 4.12. The van der Waals surface area contributed by atoms with E-state index in [9.17, 15) is 0 Å². The summed E-state index contributed by atoms with van der Waals surface area (Å²) in [4.78, 5) is 0. The van der Waals surface area contributed by atoms with Crippen LogP contribution in [0.5, 0.6) is 0 Å². The van der Waals surface area contributed by atoms with Crippen molar-refractivity contribution in [3.05, 3.63) is 21.5 Å². The summed E-state index contributed by atoms with van der Waals surface area (Å²) in [6.07, 6.45) is 15.3. The largest absolute Gasteiger partial charge is 0.147 e. The molecule has 0 aliphatic heterocycles. The monoisotopic (exact) mass is 290 g/mol. The van der Waals surface area contributed by atoms with E-state index in [0.717, 1.165) is 0 Å². The van der Waals surface area contributed by atoms with Gasteiger partial charge in [0.15, 0.2) is 0 Å². The van der Waals surface area contributed by atoms with Crippen LogP contribution in [0, 0.1) is 0 Å². The predicted molar refractivity (Wildman–Crippen MR) is 57.0 cm³/mol. The summed E-state index contributed by atoms with van der Waals surface area (Å²) in [6.45, 7) is 0. The van der Waals surface area contributed by atoms with Crippen LogP contribution >= 0.6 is 12.4 Å². The zero-order chi connectivity index (χ0) is 8.93.